The number of hydrogen-bond donors (Lipinski definition) is 0. The quantitative estimate of drug-likeness (QED) is 0.338. The molecule has 0 atom stereocenters. The first-order valence-corrected chi connectivity index (χ1v) is 10.4. The molecule has 0 aliphatic carbocycles. The summed E-state index contributed by atoms with van der Waals surface area (Å²) in [6.07, 6.45) is -2.32. The number of halogens is 3. The van der Waals surface area contributed by atoms with E-state index in [1.54, 1.807) is 11.8 Å². The highest BCUT2D eigenvalue weighted by Crippen LogP contribution is 2.33. The second kappa shape index (κ2) is 8.53. The fraction of sp³-hybridized carbons (Fsp3) is 0.300. The number of furan rings is 1. The highest BCUT2D eigenvalue weighted by Gasteiger charge is 2.30. The van der Waals surface area contributed by atoms with Crippen LogP contribution in [0.3, 0.4) is 0 Å². The first-order chi connectivity index (χ1) is 13.3. The lowest BCUT2D eigenvalue weighted by Crippen LogP contribution is -2.03. The Bertz CT molecular complexity index is 959. The number of carbonyl (C=O) groups excluding carboxylic acids is 1. The topological polar surface area (TPSA) is 43.1 Å². The first kappa shape index (κ1) is 20.7. The third kappa shape index (κ3) is 4.86. The van der Waals surface area contributed by atoms with Gasteiger partial charge in [-0.15, -0.1) is 11.3 Å². The van der Waals surface area contributed by atoms with Crippen LogP contribution in [0.4, 0.5) is 13.2 Å². The van der Waals surface area contributed by atoms with Gasteiger partial charge in [-0.25, -0.2) is 4.98 Å². The number of benzene rings is 1. The largest absolute Gasteiger partial charge is 0.461 e. The summed E-state index contributed by atoms with van der Waals surface area (Å²) < 4.78 is 44.7. The highest BCUT2D eigenvalue weighted by atomic mass is 32.2. The molecule has 3 nitrogen and oxygen atoms in total. The number of nitrogens with zero attached hydrogens (tertiary/aromatic N) is 1. The molecule has 0 amide bonds. The number of aryl methyl sites for hydroxylation is 3. The summed E-state index contributed by atoms with van der Waals surface area (Å²) in [7, 11) is 0. The van der Waals surface area contributed by atoms with Gasteiger partial charge in [-0.05, 0) is 44.0 Å². The number of thiazole rings is 1. The number of alkyl halides is 3. The van der Waals surface area contributed by atoms with Crippen LogP contribution in [0.15, 0.2) is 39.1 Å². The van der Waals surface area contributed by atoms with Gasteiger partial charge in [-0.2, -0.15) is 13.2 Å². The maximum atomic E-state index is 12.7. The van der Waals surface area contributed by atoms with Gasteiger partial charge in [0.2, 0.25) is 0 Å². The predicted molar refractivity (Wildman–Crippen MR) is 105 cm³/mol. The minimum Gasteiger partial charge on any atom is -0.461 e. The molecule has 148 valence electrons. The molecule has 0 radical (unpaired) electrons. The van der Waals surface area contributed by atoms with Crippen molar-refractivity contribution in [3.05, 3.63) is 57.8 Å². The van der Waals surface area contributed by atoms with Gasteiger partial charge in [0.25, 0.3) is 0 Å². The monoisotopic (exact) mass is 425 g/mol. The summed E-state index contributed by atoms with van der Waals surface area (Å²) >= 11 is 3.15. The third-order valence-corrected chi connectivity index (χ3v) is 6.58. The summed E-state index contributed by atoms with van der Waals surface area (Å²) in [5.41, 5.74) is 1.85. The molecule has 0 N–H and O–H groups in total. The molecule has 8 heteroatoms. The molecular weight excluding hydrogens is 407 g/mol. The zero-order valence-electron chi connectivity index (χ0n) is 15.3. The van der Waals surface area contributed by atoms with Crippen molar-refractivity contribution in [3.63, 3.8) is 0 Å². The van der Waals surface area contributed by atoms with Crippen LogP contribution in [0.2, 0.25) is 0 Å². The van der Waals surface area contributed by atoms with Gasteiger partial charge in [0.15, 0.2) is 0 Å². The van der Waals surface area contributed by atoms with E-state index < -0.39 is 11.7 Å². The minimum atomic E-state index is -4.35. The second-order valence-electron chi connectivity index (χ2n) is 6.22. The van der Waals surface area contributed by atoms with Crippen molar-refractivity contribution in [3.8, 4) is 11.3 Å². The van der Waals surface area contributed by atoms with Crippen molar-refractivity contribution < 1.29 is 22.4 Å². The fourth-order valence-corrected chi connectivity index (χ4v) is 4.93. The minimum absolute atomic E-state index is 0.390. The Balaban J connectivity index is 1.64. The number of carbonyl (C=O) groups is 1. The summed E-state index contributed by atoms with van der Waals surface area (Å²) in [5, 5.41) is 0. The molecule has 2 aromatic heterocycles. The average molecular weight is 425 g/mol. The van der Waals surface area contributed by atoms with Gasteiger partial charge in [-0.1, -0.05) is 23.9 Å². The van der Waals surface area contributed by atoms with E-state index in [0.29, 0.717) is 17.7 Å². The van der Waals surface area contributed by atoms with Crippen LogP contribution < -0.4 is 0 Å². The van der Waals surface area contributed by atoms with E-state index in [1.165, 1.54) is 23.5 Å². The molecule has 0 aliphatic rings. The molecule has 0 aliphatic heterocycles. The van der Waals surface area contributed by atoms with Gasteiger partial charge >= 0.3 is 6.18 Å². The summed E-state index contributed by atoms with van der Waals surface area (Å²) in [4.78, 5) is 16.1. The molecular formula is C20H18F3NO2S2. The second-order valence-corrected chi connectivity index (χ2v) is 8.65. The van der Waals surface area contributed by atoms with Crippen molar-refractivity contribution in [2.45, 2.75) is 37.2 Å². The predicted octanol–water partition coefficient (Wildman–Crippen LogP) is 6.11. The molecule has 1 aromatic carbocycles. The van der Waals surface area contributed by atoms with Crippen molar-refractivity contribution >= 4 is 29.4 Å². The van der Waals surface area contributed by atoms with Crippen molar-refractivity contribution in [2.75, 3.05) is 5.75 Å². The standard InChI is InChI=1S/C20H18F3NO2S2/c1-12-18(7-9-25)28-19(24-12)27-10-8-15-11-17(26-13(15)2)14-3-5-16(6-4-14)20(21,22)23/h3-6,9,11H,7-8,10H2,1-2H3. The molecule has 0 fully saturated rings. The van der Waals surface area contributed by atoms with Gasteiger partial charge < -0.3 is 9.21 Å². The lowest BCUT2D eigenvalue weighted by molar-refractivity contribution is -0.137. The normalized spacial score (nSPS) is 11.8. The van der Waals surface area contributed by atoms with Gasteiger partial charge in [-0.3, -0.25) is 0 Å². The Labute approximate surface area is 169 Å². The molecule has 3 aromatic rings. The van der Waals surface area contributed by atoms with Crippen molar-refractivity contribution in [2.24, 2.45) is 0 Å². The Morgan fingerprint density at radius 3 is 2.57 bits per heavy atom. The zero-order valence-corrected chi connectivity index (χ0v) is 16.9. The molecule has 0 saturated carbocycles. The average Bonchev–Trinajstić information content (AvgIpc) is 3.18. The fourth-order valence-electron chi connectivity index (χ4n) is 2.71. The van der Waals surface area contributed by atoms with Crippen LogP contribution in [0.1, 0.15) is 27.5 Å². The van der Waals surface area contributed by atoms with Crippen LogP contribution in [0.25, 0.3) is 11.3 Å². The van der Waals surface area contributed by atoms with E-state index in [0.717, 1.165) is 56.8 Å². The molecule has 2 heterocycles. The summed E-state index contributed by atoms with van der Waals surface area (Å²) in [6.45, 7) is 3.75. The van der Waals surface area contributed by atoms with Gasteiger partial charge in [0.05, 0.1) is 11.3 Å². The van der Waals surface area contributed by atoms with E-state index in [4.69, 9.17) is 4.42 Å². The molecule has 28 heavy (non-hydrogen) atoms. The molecule has 0 unspecified atom stereocenters. The van der Waals surface area contributed by atoms with E-state index >= 15 is 0 Å². The van der Waals surface area contributed by atoms with E-state index in [9.17, 15) is 18.0 Å². The van der Waals surface area contributed by atoms with Crippen molar-refractivity contribution in [1.29, 1.82) is 0 Å². The summed E-state index contributed by atoms with van der Waals surface area (Å²) in [5.74, 6) is 2.11. The molecule has 3 rings (SSSR count). The molecule has 0 bridgehead atoms. The number of hydrogen-bond acceptors (Lipinski definition) is 5. The van der Waals surface area contributed by atoms with Crippen LogP contribution >= 0.6 is 23.1 Å². The van der Waals surface area contributed by atoms with E-state index in [-0.39, 0.29) is 0 Å². The first-order valence-electron chi connectivity index (χ1n) is 8.57. The lowest BCUT2D eigenvalue weighted by atomic mass is 10.1. The van der Waals surface area contributed by atoms with Crippen LogP contribution in [0, 0.1) is 13.8 Å². The van der Waals surface area contributed by atoms with E-state index in [1.807, 2.05) is 19.9 Å². The number of rotatable bonds is 7. The number of thioether (sulfide) groups is 1. The Kier molecular flexibility index (Phi) is 6.30. The zero-order chi connectivity index (χ0) is 20.3. The maximum Gasteiger partial charge on any atom is 0.416 e. The molecule has 0 saturated heterocycles. The van der Waals surface area contributed by atoms with Gasteiger partial charge in [0, 0.05) is 22.6 Å². The maximum absolute atomic E-state index is 12.7. The third-order valence-electron chi connectivity index (χ3n) is 4.26. The summed E-state index contributed by atoms with van der Waals surface area (Å²) in [6, 6.07) is 6.84. The van der Waals surface area contributed by atoms with Gasteiger partial charge in [0.1, 0.15) is 22.1 Å². The van der Waals surface area contributed by atoms with Crippen molar-refractivity contribution in [1.82, 2.24) is 4.98 Å². The Morgan fingerprint density at radius 2 is 1.93 bits per heavy atom. The van der Waals surface area contributed by atoms with Crippen LogP contribution in [-0.4, -0.2) is 17.0 Å². The Morgan fingerprint density at radius 1 is 1.21 bits per heavy atom. The number of aldehydes is 1. The lowest BCUT2D eigenvalue weighted by Gasteiger charge is -2.06. The highest BCUT2D eigenvalue weighted by molar-refractivity contribution is 8.01. The number of aromatic nitrogens is 1. The van der Waals surface area contributed by atoms with E-state index in [2.05, 4.69) is 4.98 Å². The van der Waals surface area contributed by atoms with Crippen LogP contribution in [-0.2, 0) is 23.8 Å². The SMILES string of the molecule is Cc1nc(SCCc2cc(-c3ccc(C(F)(F)F)cc3)oc2C)sc1CC=O. The molecule has 0 spiro atoms. The van der Waals surface area contributed by atoms with Crippen LogP contribution in [0.5, 0.6) is 0 Å². The Hall–Kier alpha value is -2.06. The smallest absolute Gasteiger partial charge is 0.416 e.